The summed E-state index contributed by atoms with van der Waals surface area (Å²) in [6, 6.07) is 10.00. The number of para-hydroxylation sites is 1. The minimum atomic E-state index is -3.16. The van der Waals surface area contributed by atoms with Gasteiger partial charge in [-0.1, -0.05) is 18.2 Å². The smallest absolute Gasteiger partial charge is 0.387 e. The number of benzene rings is 2. The van der Waals surface area contributed by atoms with Crippen LogP contribution in [0.2, 0.25) is 0 Å². The van der Waals surface area contributed by atoms with E-state index in [1.807, 2.05) is 0 Å². The standard InChI is InChI=1S/C20H14F3N3O3/c21-13-6-10-5-11(9-24-15(10)7-17(13)29-20(22)23)19(28)26-16-8-18(27)25-14-4-2-1-3-12(14)16/h1-7,9,16,20H,8H2,(H,25,27)(H,26,28). The number of aromatic nitrogens is 1. The van der Waals surface area contributed by atoms with Crippen LogP contribution in [0.1, 0.15) is 28.4 Å². The molecule has 0 aliphatic carbocycles. The van der Waals surface area contributed by atoms with Gasteiger partial charge in [0.2, 0.25) is 5.91 Å². The number of hydrogen-bond donors (Lipinski definition) is 2. The van der Waals surface area contributed by atoms with E-state index in [9.17, 15) is 22.8 Å². The van der Waals surface area contributed by atoms with Crippen molar-refractivity contribution >= 4 is 28.4 Å². The summed E-state index contributed by atoms with van der Waals surface area (Å²) in [6.07, 6.45) is 1.32. The Morgan fingerprint density at radius 1 is 1.24 bits per heavy atom. The number of fused-ring (bicyclic) bond motifs is 2. The number of hydrogen-bond acceptors (Lipinski definition) is 4. The molecule has 1 aliphatic heterocycles. The van der Waals surface area contributed by atoms with Gasteiger partial charge in [0.25, 0.3) is 5.91 Å². The largest absolute Gasteiger partial charge is 0.432 e. The molecule has 4 rings (SSSR count). The van der Waals surface area contributed by atoms with E-state index < -0.39 is 30.1 Å². The second-order valence-electron chi connectivity index (χ2n) is 6.44. The minimum Gasteiger partial charge on any atom is -0.432 e. The lowest BCUT2D eigenvalue weighted by molar-refractivity contribution is -0.116. The molecule has 0 saturated heterocycles. The van der Waals surface area contributed by atoms with E-state index in [1.165, 1.54) is 12.3 Å². The summed E-state index contributed by atoms with van der Waals surface area (Å²) in [5.41, 5.74) is 1.73. The van der Waals surface area contributed by atoms with Crippen molar-refractivity contribution < 1.29 is 27.5 Å². The Bertz CT molecular complexity index is 1120. The van der Waals surface area contributed by atoms with Crippen molar-refractivity contribution in [2.45, 2.75) is 19.1 Å². The first-order chi connectivity index (χ1) is 13.9. The summed E-state index contributed by atoms with van der Waals surface area (Å²) in [6.45, 7) is -3.16. The molecule has 2 N–H and O–H groups in total. The van der Waals surface area contributed by atoms with E-state index in [4.69, 9.17) is 0 Å². The maximum absolute atomic E-state index is 14.0. The fraction of sp³-hybridized carbons (Fsp3) is 0.150. The van der Waals surface area contributed by atoms with Crippen molar-refractivity contribution in [1.82, 2.24) is 10.3 Å². The minimum absolute atomic E-state index is 0.0761. The fourth-order valence-corrected chi connectivity index (χ4v) is 3.22. The van der Waals surface area contributed by atoms with Gasteiger partial charge in [0.1, 0.15) is 0 Å². The number of carbonyl (C=O) groups excluding carboxylic acids is 2. The predicted molar refractivity (Wildman–Crippen MR) is 98.2 cm³/mol. The van der Waals surface area contributed by atoms with Crippen LogP contribution in [0, 0.1) is 5.82 Å². The predicted octanol–water partition coefficient (Wildman–Crippen LogP) is 3.79. The molecule has 1 unspecified atom stereocenters. The molecule has 6 nitrogen and oxygen atoms in total. The summed E-state index contributed by atoms with van der Waals surface area (Å²) in [7, 11) is 0. The van der Waals surface area contributed by atoms with Crippen molar-refractivity contribution in [1.29, 1.82) is 0 Å². The molecule has 0 radical (unpaired) electrons. The molecule has 148 valence electrons. The zero-order valence-electron chi connectivity index (χ0n) is 14.8. The maximum atomic E-state index is 14.0. The van der Waals surface area contributed by atoms with Crippen LogP contribution in [0.25, 0.3) is 10.9 Å². The van der Waals surface area contributed by atoms with Crippen molar-refractivity contribution in [2.75, 3.05) is 5.32 Å². The lowest BCUT2D eigenvalue weighted by atomic mass is 9.97. The first-order valence-corrected chi connectivity index (χ1v) is 8.64. The van der Waals surface area contributed by atoms with Gasteiger partial charge in [0.05, 0.1) is 23.5 Å². The van der Waals surface area contributed by atoms with Crippen LogP contribution in [0.3, 0.4) is 0 Å². The Kier molecular flexibility index (Phi) is 4.79. The van der Waals surface area contributed by atoms with E-state index in [0.717, 1.165) is 17.7 Å². The summed E-state index contributed by atoms with van der Waals surface area (Å²) in [4.78, 5) is 28.6. The van der Waals surface area contributed by atoms with Crippen LogP contribution in [-0.2, 0) is 4.79 Å². The van der Waals surface area contributed by atoms with Gasteiger partial charge in [-0.2, -0.15) is 8.78 Å². The Morgan fingerprint density at radius 2 is 2.03 bits per heavy atom. The number of nitrogens with one attached hydrogen (secondary N) is 2. The highest BCUT2D eigenvalue weighted by atomic mass is 19.3. The van der Waals surface area contributed by atoms with Crippen LogP contribution >= 0.6 is 0 Å². The molecule has 2 aromatic carbocycles. The third kappa shape index (κ3) is 3.84. The number of nitrogens with zero attached hydrogens (tertiary/aromatic N) is 1. The fourth-order valence-electron chi connectivity index (χ4n) is 3.22. The topological polar surface area (TPSA) is 80.3 Å². The molecule has 2 heterocycles. The molecule has 2 amide bonds. The Balaban J connectivity index is 1.60. The molecular weight excluding hydrogens is 387 g/mol. The lowest BCUT2D eigenvalue weighted by Gasteiger charge is -2.26. The third-order valence-electron chi connectivity index (χ3n) is 4.52. The molecule has 0 bridgehead atoms. The molecule has 9 heteroatoms. The molecule has 0 saturated carbocycles. The lowest BCUT2D eigenvalue weighted by Crippen LogP contribution is -2.35. The van der Waals surface area contributed by atoms with E-state index in [1.54, 1.807) is 24.3 Å². The number of amides is 2. The van der Waals surface area contributed by atoms with E-state index >= 15 is 0 Å². The summed E-state index contributed by atoms with van der Waals surface area (Å²) in [5.74, 6) is -2.33. The summed E-state index contributed by atoms with van der Waals surface area (Å²) in [5, 5.41) is 5.77. The highest BCUT2D eigenvalue weighted by Gasteiger charge is 2.26. The molecule has 1 aliphatic rings. The Hall–Kier alpha value is -3.62. The monoisotopic (exact) mass is 401 g/mol. The average Bonchev–Trinajstić information content (AvgIpc) is 2.67. The Morgan fingerprint density at radius 3 is 2.83 bits per heavy atom. The highest BCUT2D eigenvalue weighted by Crippen LogP contribution is 2.30. The summed E-state index contributed by atoms with van der Waals surface area (Å²) < 4.78 is 42.7. The summed E-state index contributed by atoms with van der Waals surface area (Å²) >= 11 is 0. The van der Waals surface area contributed by atoms with Crippen LogP contribution in [0.5, 0.6) is 5.75 Å². The molecular formula is C20H14F3N3O3. The van der Waals surface area contributed by atoms with E-state index in [-0.39, 0.29) is 28.8 Å². The van der Waals surface area contributed by atoms with Gasteiger partial charge in [0, 0.05) is 23.3 Å². The van der Waals surface area contributed by atoms with Crippen LogP contribution in [0.4, 0.5) is 18.9 Å². The van der Waals surface area contributed by atoms with Crippen molar-refractivity contribution in [3.63, 3.8) is 0 Å². The number of anilines is 1. The number of rotatable bonds is 4. The van der Waals surface area contributed by atoms with Crippen molar-refractivity contribution in [3.05, 3.63) is 65.6 Å². The van der Waals surface area contributed by atoms with E-state index in [0.29, 0.717) is 5.69 Å². The third-order valence-corrected chi connectivity index (χ3v) is 4.52. The molecule has 1 atom stereocenters. The average molecular weight is 401 g/mol. The number of ether oxygens (including phenoxy) is 1. The number of halogens is 3. The molecule has 0 spiro atoms. The number of carbonyl (C=O) groups is 2. The number of pyridine rings is 1. The van der Waals surface area contributed by atoms with Gasteiger partial charge < -0.3 is 15.4 Å². The van der Waals surface area contributed by atoms with Gasteiger partial charge in [-0.15, -0.1) is 0 Å². The van der Waals surface area contributed by atoms with Crippen LogP contribution < -0.4 is 15.4 Å². The molecule has 29 heavy (non-hydrogen) atoms. The van der Waals surface area contributed by atoms with Gasteiger partial charge in [0.15, 0.2) is 11.6 Å². The molecule has 1 aromatic heterocycles. The zero-order valence-corrected chi connectivity index (χ0v) is 14.8. The van der Waals surface area contributed by atoms with Gasteiger partial charge in [-0.25, -0.2) is 4.39 Å². The van der Waals surface area contributed by atoms with E-state index in [2.05, 4.69) is 20.4 Å². The van der Waals surface area contributed by atoms with Crippen molar-refractivity contribution in [3.8, 4) is 5.75 Å². The first kappa shape index (κ1) is 18.7. The van der Waals surface area contributed by atoms with Gasteiger partial charge >= 0.3 is 6.61 Å². The normalized spacial score (nSPS) is 15.7. The Labute approximate surface area is 162 Å². The maximum Gasteiger partial charge on any atom is 0.387 e. The first-order valence-electron chi connectivity index (χ1n) is 8.64. The highest BCUT2D eigenvalue weighted by molar-refractivity contribution is 5.99. The molecule has 3 aromatic rings. The quantitative estimate of drug-likeness (QED) is 0.697. The zero-order chi connectivity index (χ0) is 20.5. The molecule has 0 fully saturated rings. The second-order valence-corrected chi connectivity index (χ2v) is 6.44. The second kappa shape index (κ2) is 7.42. The van der Waals surface area contributed by atoms with Crippen molar-refractivity contribution in [2.24, 2.45) is 0 Å². The van der Waals surface area contributed by atoms with Gasteiger partial charge in [-0.3, -0.25) is 14.6 Å². The van der Waals surface area contributed by atoms with Gasteiger partial charge in [-0.05, 0) is 23.8 Å². The SMILES string of the molecule is O=C1CC(NC(=O)c2cnc3cc(OC(F)F)c(F)cc3c2)c2ccccc2N1. The van der Waals surface area contributed by atoms with Crippen LogP contribution in [-0.4, -0.2) is 23.4 Å². The van der Waals surface area contributed by atoms with Crippen LogP contribution in [0.15, 0.2) is 48.7 Å². The number of alkyl halides is 2.